The van der Waals surface area contributed by atoms with E-state index in [-0.39, 0.29) is 32.6 Å². The topological polar surface area (TPSA) is 76.4 Å². The molecule has 0 radical (unpaired) electrons. The summed E-state index contributed by atoms with van der Waals surface area (Å²) in [5, 5.41) is 8.69. The van der Waals surface area contributed by atoms with Crippen molar-refractivity contribution in [1.29, 1.82) is 5.26 Å². The van der Waals surface area contributed by atoms with Crippen molar-refractivity contribution >= 4 is 18.7 Å². The van der Waals surface area contributed by atoms with E-state index < -0.39 is 17.4 Å². The Bertz CT molecular complexity index is 310. The zero-order valence-corrected chi connectivity index (χ0v) is 9.49. The second-order valence-electron chi connectivity index (χ2n) is 3.76. The highest BCUT2D eigenvalue weighted by Gasteiger charge is 2.60. The van der Waals surface area contributed by atoms with Crippen LogP contribution < -0.4 is 0 Å². The van der Waals surface area contributed by atoms with Crippen LogP contribution in [0.1, 0.15) is 13.8 Å². The van der Waals surface area contributed by atoms with Crippen LogP contribution in [0.25, 0.3) is 0 Å². The van der Waals surface area contributed by atoms with Gasteiger partial charge in [0.1, 0.15) is 0 Å². The maximum Gasteiger partial charge on any atom is 0.322 e. The van der Waals surface area contributed by atoms with Gasteiger partial charge in [-0.15, -0.1) is 0 Å². The molecule has 1 heterocycles. The van der Waals surface area contributed by atoms with E-state index in [1.807, 2.05) is 5.97 Å². The largest absolute Gasteiger partial charge is 0.465 e. The lowest BCUT2D eigenvalue weighted by molar-refractivity contribution is -0.170. The predicted molar refractivity (Wildman–Crippen MR) is 56.7 cm³/mol. The van der Waals surface area contributed by atoms with E-state index in [2.05, 4.69) is 0 Å². The van der Waals surface area contributed by atoms with Crippen molar-refractivity contribution in [3.63, 3.8) is 0 Å². The molecule has 0 atom stereocenters. The quantitative estimate of drug-likeness (QED) is 0.397. The number of nitrogens with zero attached hydrogens (tertiary/aromatic N) is 1. The average Bonchev–Trinajstić information content (AvgIpc) is 2.17. The first-order valence-electron chi connectivity index (χ1n) is 5.34. The number of hydrogen-bond donors (Lipinski definition) is 0. The van der Waals surface area contributed by atoms with Crippen molar-refractivity contribution in [2.45, 2.75) is 26.5 Å². The molecule has 0 spiro atoms. The molecule has 0 unspecified atom stereocenters. The Hall–Kier alpha value is -1.51. The zero-order chi connectivity index (χ0) is 12.2. The minimum atomic E-state index is -1.23. The minimum absolute atomic E-state index is 0.209. The van der Waals surface area contributed by atoms with E-state index in [9.17, 15) is 9.59 Å². The summed E-state index contributed by atoms with van der Waals surface area (Å²) in [5.41, 5.74) is -1.23. The molecule has 0 amide bonds. The molecule has 1 aliphatic heterocycles. The third-order valence-electron chi connectivity index (χ3n) is 2.70. The van der Waals surface area contributed by atoms with Crippen LogP contribution in [0.4, 0.5) is 0 Å². The van der Waals surface area contributed by atoms with Crippen LogP contribution in [-0.4, -0.2) is 31.9 Å². The van der Waals surface area contributed by atoms with Crippen LogP contribution in [0.3, 0.4) is 0 Å². The standard InChI is InChI=1S/C10H14BNO4/c1-3-15-8(13)10(9(14)16-4-2)5-11(6-10)7-12/h3-6H2,1-2H3. The van der Waals surface area contributed by atoms with Gasteiger partial charge in [-0.25, -0.2) is 5.26 Å². The van der Waals surface area contributed by atoms with Crippen LogP contribution in [0.5, 0.6) is 0 Å². The van der Waals surface area contributed by atoms with Crippen molar-refractivity contribution < 1.29 is 19.1 Å². The average molecular weight is 223 g/mol. The number of rotatable bonds is 4. The molecule has 86 valence electrons. The third kappa shape index (κ3) is 2.03. The SMILES string of the molecule is CCOC(=O)C1(C(=O)OCC)CB(C#N)C1. The molecule has 1 aliphatic rings. The summed E-state index contributed by atoms with van der Waals surface area (Å²) in [7, 11) is 0. The van der Waals surface area contributed by atoms with Crippen molar-refractivity contribution in [3.05, 3.63) is 0 Å². The number of hydrogen-bond acceptors (Lipinski definition) is 5. The smallest absolute Gasteiger partial charge is 0.322 e. The second-order valence-corrected chi connectivity index (χ2v) is 3.76. The Balaban J connectivity index is 2.76. The number of carbonyl (C=O) groups is 2. The van der Waals surface area contributed by atoms with E-state index in [1.54, 1.807) is 13.8 Å². The molecule has 0 aromatic carbocycles. The number of carbonyl (C=O) groups excluding carboxylic acids is 2. The summed E-state index contributed by atoms with van der Waals surface area (Å²) < 4.78 is 9.72. The summed E-state index contributed by atoms with van der Waals surface area (Å²) in [5.74, 6) is 0.896. The normalized spacial score (nSPS) is 16.9. The Labute approximate surface area is 94.8 Å². The molecule has 0 N–H and O–H groups in total. The van der Waals surface area contributed by atoms with E-state index in [0.717, 1.165) is 0 Å². The zero-order valence-electron chi connectivity index (χ0n) is 9.49. The highest BCUT2D eigenvalue weighted by Crippen LogP contribution is 2.44. The first-order chi connectivity index (χ1) is 7.60. The van der Waals surface area contributed by atoms with Crippen molar-refractivity contribution in [2.24, 2.45) is 5.41 Å². The molecular formula is C10H14BNO4. The molecule has 1 fully saturated rings. The van der Waals surface area contributed by atoms with Gasteiger partial charge >= 0.3 is 11.9 Å². The van der Waals surface area contributed by atoms with Crippen molar-refractivity contribution in [2.75, 3.05) is 13.2 Å². The summed E-state index contributed by atoms with van der Waals surface area (Å²) in [4.78, 5) is 23.4. The Morgan fingerprint density at radius 2 is 1.69 bits per heavy atom. The third-order valence-corrected chi connectivity index (χ3v) is 2.70. The summed E-state index contributed by atoms with van der Waals surface area (Å²) >= 11 is 0. The monoisotopic (exact) mass is 223 g/mol. The van der Waals surface area contributed by atoms with Crippen LogP contribution in [0.2, 0.25) is 12.6 Å². The molecular weight excluding hydrogens is 209 g/mol. The van der Waals surface area contributed by atoms with Crippen LogP contribution >= 0.6 is 0 Å². The molecule has 0 aliphatic carbocycles. The molecule has 6 heteroatoms. The van der Waals surface area contributed by atoms with E-state index in [1.165, 1.54) is 0 Å². The van der Waals surface area contributed by atoms with Gasteiger partial charge in [0, 0.05) is 5.97 Å². The summed E-state index contributed by atoms with van der Waals surface area (Å²) in [6.07, 6.45) is 0.419. The second kappa shape index (κ2) is 5.02. The van der Waals surface area contributed by atoms with Gasteiger partial charge in [-0.2, -0.15) is 0 Å². The molecule has 0 aromatic rings. The van der Waals surface area contributed by atoms with Crippen molar-refractivity contribution in [3.8, 4) is 5.97 Å². The van der Waals surface area contributed by atoms with Crippen LogP contribution in [0, 0.1) is 16.6 Å². The van der Waals surface area contributed by atoms with Crippen LogP contribution in [-0.2, 0) is 19.1 Å². The maximum atomic E-state index is 11.7. The lowest BCUT2D eigenvalue weighted by atomic mass is 9.27. The fraction of sp³-hybridized carbons (Fsp3) is 0.700. The highest BCUT2D eigenvalue weighted by molar-refractivity contribution is 6.72. The molecule has 0 bridgehead atoms. The number of nitriles is 1. The predicted octanol–water partition coefficient (Wildman–Crippen LogP) is 0.670. The van der Waals surface area contributed by atoms with Gasteiger partial charge < -0.3 is 9.47 Å². The first-order valence-corrected chi connectivity index (χ1v) is 5.34. The fourth-order valence-electron chi connectivity index (χ4n) is 1.83. The number of ether oxygens (including phenoxy) is 2. The Morgan fingerprint density at radius 3 is 2.00 bits per heavy atom. The fourth-order valence-corrected chi connectivity index (χ4v) is 1.83. The van der Waals surface area contributed by atoms with Gasteiger partial charge in [-0.1, -0.05) is 0 Å². The molecule has 0 saturated carbocycles. The van der Waals surface area contributed by atoms with Crippen molar-refractivity contribution in [1.82, 2.24) is 0 Å². The van der Waals surface area contributed by atoms with Gasteiger partial charge in [-0.3, -0.25) is 9.59 Å². The minimum Gasteiger partial charge on any atom is -0.465 e. The molecule has 1 rings (SSSR count). The maximum absolute atomic E-state index is 11.7. The summed E-state index contributed by atoms with van der Waals surface area (Å²) in [6.45, 7) is 3.54. The lowest BCUT2D eigenvalue weighted by Gasteiger charge is -2.38. The lowest BCUT2D eigenvalue weighted by Crippen LogP contribution is -2.54. The van der Waals surface area contributed by atoms with E-state index in [4.69, 9.17) is 14.7 Å². The van der Waals surface area contributed by atoms with E-state index in [0.29, 0.717) is 0 Å². The molecule has 0 aromatic heterocycles. The Morgan fingerprint density at radius 1 is 1.25 bits per heavy atom. The Kier molecular flexibility index (Phi) is 3.94. The molecule has 16 heavy (non-hydrogen) atoms. The highest BCUT2D eigenvalue weighted by atomic mass is 16.6. The van der Waals surface area contributed by atoms with E-state index >= 15 is 0 Å². The van der Waals surface area contributed by atoms with Crippen LogP contribution in [0.15, 0.2) is 0 Å². The molecule has 5 nitrogen and oxygen atoms in total. The van der Waals surface area contributed by atoms with Gasteiger partial charge in [0.15, 0.2) is 5.41 Å². The van der Waals surface area contributed by atoms with Gasteiger partial charge in [0.25, 0.3) is 6.71 Å². The van der Waals surface area contributed by atoms with Gasteiger partial charge in [0.05, 0.1) is 13.2 Å². The first kappa shape index (κ1) is 12.6. The van der Waals surface area contributed by atoms with Gasteiger partial charge in [0.2, 0.25) is 0 Å². The summed E-state index contributed by atoms with van der Waals surface area (Å²) in [6, 6.07) is 0. The molecule has 1 saturated heterocycles. The number of esters is 2. The van der Waals surface area contributed by atoms with Gasteiger partial charge in [-0.05, 0) is 26.5 Å².